The molecule has 7 atom stereocenters. The van der Waals surface area contributed by atoms with E-state index in [1.165, 1.54) is 4.90 Å². The van der Waals surface area contributed by atoms with Gasteiger partial charge in [0.25, 0.3) is 0 Å². The van der Waals surface area contributed by atoms with E-state index in [0.29, 0.717) is 12.8 Å². The number of ether oxygens (including phenoxy) is 3. The van der Waals surface area contributed by atoms with E-state index in [1.807, 2.05) is 47.6 Å². The van der Waals surface area contributed by atoms with Gasteiger partial charge in [-0.15, -0.1) is 0 Å². The standard InChI is InChI=1S/C26H49NO6/c1-17(2)22(29)15-24(31-9)19(5)11-12-23(33-26(30)18(3)4)21(7)25(32-10)20(6)13-14-27(8)16-28/h13-14,16-25,29H,11-12,15H2,1-10H3/b14-13+/t19-,20+,21-,22-,23+,24-,25+/m0/s1. The van der Waals surface area contributed by atoms with Crippen molar-refractivity contribution in [2.75, 3.05) is 21.3 Å². The molecule has 0 saturated carbocycles. The zero-order chi connectivity index (χ0) is 25.7. The highest BCUT2D eigenvalue weighted by atomic mass is 16.5. The Balaban J connectivity index is 5.45. The molecule has 0 unspecified atom stereocenters. The van der Waals surface area contributed by atoms with Gasteiger partial charge in [-0.25, -0.2) is 0 Å². The van der Waals surface area contributed by atoms with Gasteiger partial charge in [0.15, 0.2) is 0 Å². The molecule has 0 aliphatic rings. The van der Waals surface area contributed by atoms with Crippen molar-refractivity contribution in [3.05, 3.63) is 12.3 Å². The fraction of sp³-hybridized carbons (Fsp3) is 0.846. The largest absolute Gasteiger partial charge is 0.462 e. The molecular weight excluding hydrogens is 422 g/mol. The van der Waals surface area contributed by atoms with Crippen molar-refractivity contribution in [1.29, 1.82) is 0 Å². The maximum Gasteiger partial charge on any atom is 0.308 e. The lowest BCUT2D eigenvalue weighted by molar-refractivity contribution is -0.159. The summed E-state index contributed by atoms with van der Waals surface area (Å²) in [6, 6.07) is 0. The van der Waals surface area contributed by atoms with Gasteiger partial charge in [-0.1, -0.05) is 54.5 Å². The van der Waals surface area contributed by atoms with Gasteiger partial charge in [0, 0.05) is 39.3 Å². The molecule has 7 heteroatoms. The molecule has 1 amide bonds. The summed E-state index contributed by atoms with van der Waals surface area (Å²) in [5.74, 6) is -0.132. The van der Waals surface area contributed by atoms with Crippen LogP contribution in [0.3, 0.4) is 0 Å². The predicted octanol–water partition coefficient (Wildman–Crippen LogP) is 4.28. The quantitative estimate of drug-likeness (QED) is 0.252. The van der Waals surface area contributed by atoms with Crippen molar-refractivity contribution in [3.63, 3.8) is 0 Å². The van der Waals surface area contributed by atoms with E-state index in [2.05, 4.69) is 6.92 Å². The molecule has 0 spiro atoms. The third-order valence-corrected chi connectivity index (χ3v) is 6.51. The summed E-state index contributed by atoms with van der Waals surface area (Å²) >= 11 is 0. The summed E-state index contributed by atoms with van der Waals surface area (Å²) in [5, 5.41) is 10.3. The highest BCUT2D eigenvalue weighted by Gasteiger charge is 2.33. The molecule has 0 aromatic heterocycles. The third kappa shape index (κ3) is 11.5. The van der Waals surface area contributed by atoms with E-state index in [4.69, 9.17) is 14.2 Å². The fourth-order valence-corrected chi connectivity index (χ4v) is 3.93. The average Bonchev–Trinajstić information content (AvgIpc) is 2.77. The Labute approximate surface area is 201 Å². The van der Waals surface area contributed by atoms with Crippen LogP contribution in [0.4, 0.5) is 0 Å². The molecule has 0 aromatic carbocycles. The second-order valence-electron chi connectivity index (χ2n) is 10.0. The Kier molecular flexibility index (Phi) is 15.5. The van der Waals surface area contributed by atoms with Crippen molar-refractivity contribution < 1.29 is 28.9 Å². The molecule has 33 heavy (non-hydrogen) atoms. The molecule has 1 N–H and O–H groups in total. The smallest absolute Gasteiger partial charge is 0.308 e. The molecule has 194 valence electrons. The summed E-state index contributed by atoms with van der Waals surface area (Å²) in [4.78, 5) is 24.8. The summed E-state index contributed by atoms with van der Waals surface area (Å²) < 4.78 is 17.4. The average molecular weight is 472 g/mol. The van der Waals surface area contributed by atoms with Crippen LogP contribution in [-0.2, 0) is 23.8 Å². The topological polar surface area (TPSA) is 85.3 Å². The Hall–Kier alpha value is -1.44. The number of nitrogens with zero attached hydrogens (tertiary/aromatic N) is 1. The van der Waals surface area contributed by atoms with E-state index in [9.17, 15) is 14.7 Å². The summed E-state index contributed by atoms with van der Waals surface area (Å²) in [7, 11) is 5.02. The Bertz CT molecular complexity index is 579. The van der Waals surface area contributed by atoms with E-state index in [-0.39, 0.29) is 53.9 Å². The van der Waals surface area contributed by atoms with E-state index in [0.717, 1.165) is 12.8 Å². The maximum atomic E-state index is 12.5. The lowest BCUT2D eigenvalue weighted by Gasteiger charge is -2.34. The molecular formula is C26H49NO6. The lowest BCUT2D eigenvalue weighted by Crippen LogP contribution is -2.39. The van der Waals surface area contributed by atoms with Crippen LogP contribution in [0, 0.1) is 29.6 Å². The van der Waals surface area contributed by atoms with Crippen LogP contribution >= 0.6 is 0 Å². The van der Waals surface area contributed by atoms with E-state index in [1.54, 1.807) is 27.5 Å². The lowest BCUT2D eigenvalue weighted by atomic mass is 9.84. The van der Waals surface area contributed by atoms with Gasteiger partial charge in [0.2, 0.25) is 6.41 Å². The number of carbonyl (C=O) groups excluding carboxylic acids is 2. The number of aliphatic hydroxyl groups excluding tert-OH is 1. The van der Waals surface area contributed by atoms with Crippen molar-refractivity contribution in [2.24, 2.45) is 29.6 Å². The number of rotatable bonds is 17. The number of aliphatic hydroxyl groups is 1. The molecule has 0 fully saturated rings. The minimum absolute atomic E-state index is 0.0120. The maximum absolute atomic E-state index is 12.5. The first-order valence-corrected chi connectivity index (χ1v) is 12.2. The van der Waals surface area contributed by atoms with Crippen LogP contribution in [0.15, 0.2) is 12.3 Å². The molecule has 0 heterocycles. The van der Waals surface area contributed by atoms with Gasteiger partial charge in [-0.05, 0) is 31.1 Å². The first-order valence-electron chi connectivity index (χ1n) is 12.2. The Morgan fingerprint density at radius 1 is 0.970 bits per heavy atom. The van der Waals surface area contributed by atoms with E-state index < -0.39 is 6.10 Å². The van der Waals surface area contributed by atoms with Crippen molar-refractivity contribution >= 4 is 12.4 Å². The van der Waals surface area contributed by atoms with Crippen LogP contribution < -0.4 is 0 Å². The normalized spacial score (nSPS) is 18.6. The van der Waals surface area contributed by atoms with Gasteiger partial charge in [-0.3, -0.25) is 9.59 Å². The minimum Gasteiger partial charge on any atom is -0.462 e. The first-order chi connectivity index (χ1) is 15.4. The summed E-state index contributed by atoms with van der Waals surface area (Å²) in [6.45, 7) is 13.8. The van der Waals surface area contributed by atoms with Crippen LogP contribution in [0.5, 0.6) is 0 Å². The van der Waals surface area contributed by atoms with Crippen LogP contribution in [0.1, 0.15) is 67.7 Å². The van der Waals surface area contributed by atoms with Crippen LogP contribution in [0.25, 0.3) is 0 Å². The highest BCUT2D eigenvalue weighted by molar-refractivity contribution is 5.71. The van der Waals surface area contributed by atoms with Crippen molar-refractivity contribution in [1.82, 2.24) is 4.90 Å². The fourth-order valence-electron chi connectivity index (χ4n) is 3.93. The number of hydrogen-bond donors (Lipinski definition) is 1. The summed E-state index contributed by atoms with van der Waals surface area (Å²) in [5.41, 5.74) is 0. The molecule has 0 aliphatic heterocycles. The van der Waals surface area contributed by atoms with Crippen molar-refractivity contribution in [3.8, 4) is 0 Å². The van der Waals surface area contributed by atoms with Crippen molar-refractivity contribution in [2.45, 2.75) is 92.1 Å². The molecule has 0 saturated heterocycles. The van der Waals surface area contributed by atoms with Gasteiger partial charge in [-0.2, -0.15) is 0 Å². The van der Waals surface area contributed by atoms with Crippen LogP contribution in [0.2, 0.25) is 0 Å². The molecule has 0 aliphatic carbocycles. The number of esters is 1. The number of amides is 1. The second-order valence-corrected chi connectivity index (χ2v) is 10.0. The highest BCUT2D eigenvalue weighted by Crippen LogP contribution is 2.29. The summed E-state index contributed by atoms with van der Waals surface area (Å²) in [6.07, 6.45) is 5.43. The van der Waals surface area contributed by atoms with E-state index >= 15 is 0 Å². The van der Waals surface area contributed by atoms with Crippen LogP contribution in [-0.4, -0.2) is 68.1 Å². The zero-order valence-electron chi connectivity index (χ0n) is 22.5. The molecule has 0 aromatic rings. The SMILES string of the molecule is CO[C@@H]([C@@H](C)[C@@H](CC[C@H](C)[C@H](C[C@H](O)C(C)C)OC)OC(=O)C(C)C)[C@H](C)/C=C/N(C)C=O. The minimum atomic E-state index is -0.416. The third-order valence-electron chi connectivity index (χ3n) is 6.51. The number of carbonyl (C=O) groups is 2. The van der Waals surface area contributed by atoms with Gasteiger partial charge < -0.3 is 24.2 Å². The molecule has 0 bridgehead atoms. The molecule has 0 radical (unpaired) electrons. The molecule has 0 rings (SSSR count). The Morgan fingerprint density at radius 3 is 2.03 bits per heavy atom. The molecule has 7 nitrogen and oxygen atoms in total. The Morgan fingerprint density at radius 2 is 1.58 bits per heavy atom. The predicted molar refractivity (Wildman–Crippen MR) is 131 cm³/mol. The second kappa shape index (κ2) is 16.2. The first kappa shape index (κ1) is 31.6. The van der Waals surface area contributed by atoms with Gasteiger partial charge >= 0.3 is 5.97 Å². The number of methoxy groups -OCH3 is 2. The monoisotopic (exact) mass is 471 g/mol. The van der Waals surface area contributed by atoms with Gasteiger partial charge in [0.05, 0.1) is 24.2 Å². The van der Waals surface area contributed by atoms with Gasteiger partial charge in [0.1, 0.15) is 6.10 Å². The number of hydrogen-bond acceptors (Lipinski definition) is 6. The zero-order valence-corrected chi connectivity index (χ0v) is 22.5.